The van der Waals surface area contributed by atoms with Gasteiger partial charge in [-0.15, -0.1) is 0 Å². The summed E-state index contributed by atoms with van der Waals surface area (Å²) < 4.78 is 8.89. The van der Waals surface area contributed by atoms with Crippen molar-refractivity contribution >= 4 is 201 Å². The molecule has 4 aromatic heterocycles. The monoisotopic (exact) mass is 1300 g/mol. The minimum atomic E-state index is -0.318. The Bertz CT molecular complexity index is 6460. The highest BCUT2D eigenvalue weighted by molar-refractivity contribution is 6.57. The summed E-state index contributed by atoms with van der Waals surface area (Å²) in [5, 5.41) is 14.2. The zero-order chi connectivity index (χ0) is 63.5. The number of anilines is 2. The molecular formula is C77H40Cl4N8O5. The molecule has 2 amide bonds. The molecule has 4 aliphatic rings. The number of nitrogens with zero attached hydrogens (tertiary/aromatic N) is 8. The number of pyridine rings is 2. The second kappa shape index (κ2) is 20.9. The fourth-order valence-corrected chi connectivity index (χ4v) is 15.2. The van der Waals surface area contributed by atoms with Crippen LogP contribution >= 0.6 is 46.4 Å². The number of carbonyl (C=O) groups excluding carboxylic acids is 2. The largest absolute Gasteiger partial charge is 0.494 e. The quantitative estimate of drug-likeness (QED) is 0.0689. The Balaban J connectivity index is 0.0000000922. The van der Waals surface area contributed by atoms with Gasteiger partial charge in [0, 0.05) is 54.0 Å². The van der Waals surface area contributed by atoms with Crippen LogP contribution < -0.4 is 25.7 Å². The minimum Gasteiger partial charge on any atom is -0.494 e. The predicted molar refractivity (Wildman–Crippen MR) is 381 cm³/mol. The van der Waals surface area contributed by atoms with E-state index in [1.807, 2.05) is 194 Å². The molecule has 17 heteroatoms. The standard InChI is InChI=1S/C22H12N2O.C19H12N2O2.C18H6Cl4N2O.C18H10N2O/c25-22-16-10-2-6-13-5-1-9-15(19(13)16)21-23-17-11-3-7-14-8-4-12-18(20(14)17)24(21)22;1-23-15-10-4-9-14-17(15)21-18(20-14)12-7-2-5-11-6-3-8-13(16(11)12)19(21)22;19-13-11-12(14(20)16(22)15(13)21)18(25)24-9-6-2-4-7-3-1-5-8(10(7)9)23-17(11)24;21-18-13-8-2-1-7-12(13)17-19-14-9-3-5-11-6-4-10-15(16(11)14)20(17)18/h1-12H;2-10H,1H3;1-6H;1-10H. The third kappa shape index (κ3) is 7.84. The number of aromatic nitrogens is 4. The normalized spacial score (nSPS) is 13.4. The Morgan fingerprint density at radius 2 is 0.798 bits per heavy atom. The van der Waals surface area contributed by atoms with Crippen molar-refractivity contribution in [1.82, 2.24) is 18.8 Å². The highest BCUT2D eigenvalue weighted by atomic mass is 35.5. The second-order valence-electron chi connectivity index (χ2n) is 23.1. The molecule has 21 rings (SSSR count). The van der Waals surface area contributed by atoms with E-state index in [-0.39, 0.29) is 48.6 Å². The number of rotatable bonds is 1. The first-order valence-corrected chi connectivity index (χ1v) is 31.4. The van der Waals surface area contributed by atoms with Crippen molar-refractivity contribution in [1.29, 1.82) is 0 Å². The van der Waals surface area contributed by atoms with Gasteiger partial charge >= 0.3 is 0 Å². The van der Waals surface area contributed by atoms with Crippen LogP contribution in [0.4, 0.5) is 22.7 Å². The summed E-state index contributed by atoms with van der Waals surface area (Å²) in [6.07, 6.45) is 0. The number of aliphatic imine (C=N–C) groups is 2. The molecule has 0 atom stereocenters. The van der Waals surface area contributed by atoms with E-state index in [0.717, 1.165) is 137 Å². The van der Waals surface area contributed by atoms with E-state index in [2.05, 4.69) is 35.3 Å². The smallest absolute Gasteiger partial charge is 0.266 e. The number of para-hydroxylation sites is 1. The molecule has 13 aromatic carbocycles. The van der Waals surface area contributed by atoms with Crippen molar-refractivity contribution < 1.29 is 14.3 Å². The van der Waals surface area contributed by atoms with Gasteiger partial charge < -0.3 is 4.74 Å². The fourth-order valence-electron chi connectivity index (χ4n) is 14.2. The Kier molecular flexibility index (Phi) is 12.3. The van der Waals surface area contributed by atoms with E-state index in [1.54, 1.807) is 20.8 Å². The zero-order valence-electron chi connectivity index (χ0n) is 49.0. The lowest BCUT2D eigenvalue weighted by Gasteiger charge is -2.24. The Morgan fingerprint density at radius 3 is 1.39 bits per heavy atom. The topological polar surface area (TPSA) is 143 Å². The molecule has 0 radical (unpaired) electrons. The molecule has 8 heterocycles. The number of halogens is 4. The molecule has 4 aliphatic heterocycles. The lowest BCUT2D eigenvalue weighted by atomic mass is 10.0. The molecule has 13 nitrogen and oxygen atoms in total. The summed E-state index contributed by atoms with van der Waals surface area (Å²) >= 11 is 25.0. The van der Waals surface area contributed by atoms with Gasteiger partial charge in [-0.25, -0.2) is 20.0 Å². The number of carbonyl (C=O) groups is 2. The molecule has 0 fully saturated rings. The third-order valence-corrected chi connectivity index (χ3v) is 19.9. The maximum absolute atomic E-state index is 13.3. The van der Waals surface area contributed by atoms with Gasteiger partial charge in [-0.05, 0) is 93.7 Å². The summed E-state index contributed by atoms with van der Waals surface area (Å²) in [7, 11) is 1.61. The summed E-state index contributed by atoms with van der Waals surface area (Å²) in [4.78, 5) is 74.5. The van der Waals surface area contributed by atoms with Crippen molar-refractivity contribution in [2.75, 3.05) is 16.9 Å². The second-order valence-corrected chi connectivity index (χ2v) is 24.6. The molecular weight excluding hydrogens is 1260 g/mol. The molecule has 0 saturated carbocycles. The molecule has 446 valence electrons. The van der Waals surface area contributed by atoms with Crippen molar-refractivity contribution in [3.63, 3.8) is 0 Å². The van der Waals surface area contributed by atoms with Crippen LogP contribution in [0.3, 0.4) is 0 Å². The number of ether oxygens (including phenoxy) is 1. The van der Waals surface area contributed by atoms with Crippen LogP contribution in [0.25, 0.3) is 109 Å². The van der Waals surface area contributed by atoms with Gasteiger partial charge in [0.2, 0.25) is 0 Å². The Morgan fingerprint density at radius 1 is 0.362 bits per heavy atom. The van der Waals surface area contributed by atoms with Gasteiger partial charge in [-0.2, -0.15) is 0 Å². The molecule has 0 aliphatic carbocycles. The SMILES string of the molecule is COc1cccc2nc3c4cccc5cccc(c(=O)n3c12)c54.O=C1c2c(Cl)c(Cl)c(Cl)c(Cl)c2C2=Nc3cccc4cccc(c34)N12.O=C1c2ccccc2C2=Nc3cccc4cccc(c34)N12.O=c1c2cccc3cccc(c32)c2nc3cccc4cccc(c43)n12. The van der Waals surface area contributed by atoms with Gasteiger partial charge in [0.05, 0.1) is 83.2 Å². The first kappa shape index (κ1) is 55.5. The fraction of sp³-hybridized carbons (Fsp3) is 0.0130. The number of imidazole rings is 1. The van der Waals surface area contributed by atoms with E-state index >= 15 is 0 Å². The first-order valence-electron chi connectivity index (χ1n) is 29.9. The number of hydrogen-bond acceptors (Lipinski definition) is 9. The average molecular weight is 1300 g/mol. The van der Waals surface area contributed by atoms with E-state index in [0.29, 0.717) is 28.2 Å². The van der Waals surface area contributed by atoms with Crippen molar-refractivity contribution in [2.45, 2.75) is 0 Å². The highest BCUT2D eigenvalue weighted by Gasteiger charge is 2.43. The molecule has 94 heavy (non-hydrogen) atoms. The van der Waals surface area contributed by atoms with Crippen LogP contribution in [0.5, 0.6) is 5.75 Å². The number of methoxy groups -OCH3 is 1. The van der Waals surface area contributed by atoms with Gasteiger partial charge in [-0.3, -0.25) is 37.8 Å². The average Bonchev–Trinajstić information content (AvgIpc) is 1.28. The van der Waals surface area contributed by atoms with E-state index < -0.39 is 0 Å². The number of benzene rings is 13. The van der Waals surface area contributed by atoms with E-state index in [9.17, 15) is 19.2 Å². The van der Waals surface area contributed by atoms with Gasteiger partial charge in [0.1, 0.15) is 28.4 Å². The maximum Gasteiger partial charge on any atom is 0.266 e. The number of amidine groups is 2. The molecule has 17 aromatic rings. The number of hydrogen-bond donors (Lipinski definition) is 0. The van der Waals surface area contributed by atoms with Crippen LogP contribution in [-0.4, -0.2) is 49.4 Å². The molecule has 0 unspecified atom stereocenters. The lowest BCUT2D eigenvalue weighted by Crippen LogP contribution is -2.31. The van der Waals surface area contributed by atoms with Crippen LogP contribution in [0, 0.1) is 0 Å². The summed E-state index contributed by atoms with van der Waals surface area (Å²) in [5.41, 5.74) is 10.3. The van der Waals surface area contributed by atoms with Crippen molar-refractivity contribution in [3.05, 3.63) is 288 Å². The van der Waals surface area contributed by atoms with Crippen LogP contribution in [0.2, 0.25) is 20.1 Å². The van der Waals surface area contributed by atoms with E-state index in [4.69, 9.17) is 66.1 Å². The van der Waals surface area contributed by atoms with Gasteiger partial charge in [-0.1, -0.05) is 204 Å². The van der Waals surface area contributed by atoms with Gasteiger partial charge in [0.25, 0.3) is 22.9 Å². The Hall–Kier alpha value is -11.3. The molecule has 0 bridgehead atoms. The van der Waals surface area contributed by atoms with Crippen LogP contribution in [-0.2, 0) is 0 Å². The highest BCUT2D eigenvalue weighted by Crippen LogP contribution is 2.50. The predicted octanol–water partition coefficient (Wildman–Crippen LogP) is 18.7. The van der Waals surface area contributed by atoms with E-state index in [1.165, 1.54) is 4.90 Å². The first-order chi connectivity index (χ1) is 46.0. The van der Waals surface area contributed by atoms with Crippen molar-refractivity contribution in [2.24, 2.45) is 9.98 Å². The Labute approximate surface area is 551 Å². The maximum atomic E-state index is 13.3. The summed E-state index contributed by atoms with van der Waals surface area (Å²) in [6, 6.07) is 72.9. The van der Waals surface area contributed by atoms with Crippen LogP contribution in [0.15, 0.2) is 244 Å². The lowest BCUT2D eigenvalue weighted by molar-refractivity contribution is 0.0999. The van der Waals surface area contributed by atoms with Crippen LogP contribution in [0.1, 0.15) is 31.8 Å². The van der Waals surface area contributed by atoms with Gasteiger partial charge in [0.15, 0.2) is 5.84 Å². The summed E-state index contributed by atoms with van der Waals surface area (Å²) in [6.45, 7) is 0. The van der Waals surface area contributed by atoms with Crippen molar-refractivity contribution in [3.8, 4) is 5.75 Å². The third-order valence-electron chi connectivity index (χ3n) is 18.1. The summed E-state index contributed by atoms with van der Waals surface area (Å²) in [5.74, 6) is 1.49. The molecule has 0 saturated heterocycles. The molecule has 0 N–H and O–H groups in total. The minimum absolute atomic E-state index is 0.00588. The molecule has 0 spiro atoms. The zero-order valence-corrected chi connectivity index (χ0v) is 52.0. The number of fused-ring (bicyclic) bond motifs is 15. The number of amides is 2.